The van der Waals surface area contributed by atoms with E-state index in [0.29, 0.717) is 0 Å². The van der Waals surface area contributed by atoms with Crippen LogP contribution in [-0.2, 0) is 6.54 Å². The summed E-state index contributed by atoms with van der Waals surface area (Å²) < 4.78 is 2.37. The molecule has 0 saturated heterocycles. The molecule has 2 rings (SSSR count). The summed E-state index contributed by atoms with van der Waals surface area (Å²) in [6.45, 7) is 6.46. The van der Waals surface area contributed by atoms with Gasteiger partial charge in [0.15, 0.2) is 0 Å². The second-order valence-corrected chi connectivity index (χ2v) is 14.4. The minimum Gasteiger partial charge on any atom is -0.260 e. The Kier molecular flexibility index (Phi) is 10.7. The zero-order chi connectivity index (χ0) is 21.3. The number of hydrogen-bond acceptors (Lipinski definition) is 1. The van der Waals surface area contributed by atoms with Gasteiger partial charge in [-0.2, -0.15) is 0 Å². The van der Waals surface area contributed by atoms with Crippen LogP contribution in [0.25, 0.3) is 11.1 Å². The lowest BCUT2D eigenvalue weighted by Crippen LogP contribution is -2.36. The molecule has 0 aliphatic heterocycles. The van der Waals surface area contributed by atoms with Gasteiger partial charge >= 0.3 is 0 Å². The van der Waals surface area contributed by atoms with Gasteiger partial charge in [0, 0.05) is 24.4 Å². The first-order valence-electron chi connectivity index (χ1n) is 9.55. The summed E-state index contributed by atoms with van der Waals surface area (Å²) in [5, 5.41) is 0. The van der Waals surface area contributed by atoms with Gasteiger partial charge in [-0.1, -0.05) is 113 Å². The molecule has 0 N–H and O–H groups in total. The smallest absolute Gasteiger partial charge is 0.0859 e. The molecule has 1 nitrogen and oxygen atoms in total. The molecule has 0 radical (unpaired) electrons. The highest BCUT2D eigenvalue weighted by molar-refractivity contribution is 8.04. The van der Waals surface area contributed by atoms with Crippen LogP contribution in [0.5, 0.6) is 0 Å². The summed E-state index contributed by atoms with van der Waals surface area (Å²) in [6, 6.07) is 27.3. The third-order valence-electron chi connectivity index (χ3n) is 4.33. The Morgan fingerprint density at radius 3 is 1.66 bits per heavy atom. The molecule has 0 aliphatic carbocycles. The van der Waals surface area contributed by atoms with E-state index in [2.05, 4.69) is 74.0 Å². The van der Waals surface area contributed by atoms with Crippen LogP contribution in [0.4, 0.5) is 0 Å². The summed E-state index contributed by atoms with van der Waals surface area (Å²) >= 11 is 18.7. The zero-order valence-corrected chi connectivity index (χ0v) is 21.2. The van der Waals surface area contributed by atoms with Gasteiger partial charge in [0.25, 0.3) is 0 Å². The molecule has 2 aromatic rings. The van der Waals surface area contributed by atoms with E-state index in [-0.39, 0.29) is 5.54 Å². The highest BCUT2D eigenvalue weighted by atomic mass is 35.9. The van der Waals surface area contributed by atoms with E-state index in [1.54, 1.807) is 0 Å². The molecule has 0 amide bonds. The van der Waals surface area contributed by atoms with Crippen molar-refractivity contribution in [3.63, 3.8) is 0 Å². The largest absolute Gasteiger partial charge is 0.260 e. The fourth-order valence-electron chi connectivity index (χ4n) is 2.78. The third kappa shape index (κ3) is 9.10. The Bertz CT molecular complexity index is 781. The number of rotatable bonds is 7. The molecule has 6 heteroatoms. The number of halogens is 3. The lowest BCUT2D eigenvalue weighted by Gasteiger charge is -2.38. The molecule has 2 aromatic carbocycles. The van der Waals surface area contributed by atoms with Gasteiger partial charge in [0.2, 0.25) is 0 Å². The quantitative estimate of drug-likeness (QED) is 0.352. The van der Waals surface area contributed by atoms with Gasteiger partial charge in [-0.05, 0) is 37.5 Å². The van der Waals surface area contributed by atoms with Crippen LogP contribution in [-0.4, -0.2) is 22.5 Å². The number of hydrogen-bond donors (Lipinski definition) is 0. The fraction of sp³-hybridized carbons (Fsp3) is 0.304. The van der Waals surface area contributed by atoms with Crippen molar-refractivity contribution in [3.8, 4) is 11.1 Å². The molecule has 0 saturated carbocycles. The highest BCUT2D eigenvalue weighted by Gasteiger charge is 2.28. The maximum absolute atomic E-state index is 6.79. The average Bonchev–Trinajstić information content (AvgIpc) is 2.68. The van der Waals surface area contributed by atoms with Crippen LogP contribution in [0.2, 0.25) is 0 Å². The van der Waals surface area contributed by atoms with Crippen LogP contribution >= 0.6 is 47.8 Å². The maximum Gasteiger partial charge on any atom is 0.0859 e. The summed E-state index contributed by atoms with van der Waals surface area (Å²) in [4.78, 5) is 0. The van der Waals surface area contributed by atoms with E-state index in [4.69, 9.17) is 33.7 Å². The van der Waals surface area contributed by atoms with E-state index < -0.39 is 14.1 Å². The summed E-state index contributed by atoms with van der Waals surface area (Å²) in [6.07, 6.45) is 1.62. The Morgan fingerprint density at radius 2 is 1.17 bits per heavy atom. The first-order valence-corrected chi connectivity index (χ1v) is 15.3. The van der Waals surface area contributed by atoms with Crippen LogP contribution in [0.15, 0.2) is 78.9 Å². The lowest BCUT2D eigenvalue weighted by molar-refractivity contribution is 0.259. The van der Waals surface area contributed by atoms with E-state index >= 15 is 0 Å². The first-order chi connectivity index (χ1) is 13.8. The summed E-state index contributed by atoms with van der Waals surface area (Å²) in [5.74, 6) is 0. The van der Waals surface area contributed by atoms with Crippen molar-refractivity contribution in [2.75, 3.05) is 12.3 Å². The molecule has 0 fully saturated rings. The maximum atomic E-state index is 6.79. The van der Waals surface area contributed by atoms with E-state index in [0.717, 1.165) is 18.9 Å². The van der Waals surface area contributed by atoms with Gasteiger partial charge < -0.3 is 0 Å². The Morgan fingerprint density at radius 1 is 0.690 bits per heavy atom. The van der Waals surface area contributed by atoms with Crippen molar-refractivity contribution in [2.45, 2.75) is 32.9 Å². The molecule has 1 atom stereocenters. The van der Waals surface area contributed by atoms with Gasteiger partial charge in [0.05, 0.1) is 14.1 Å². The average molecular weight is 487 g/mol. The molecule has 0 aliphatic rings. The fourth-order valence-corrected chi connectivity index (χ4v) is 8.14. The second kappa shape index (κ2) is 12.5. The zero-order valence-electron chi connectivity index (χ0n) is 17.1. The van der Waals surface area contributed by atoms with Crippen LogP contribution in [0.3, 0.4) is 0 Å². The van der Waals surface area contributed by atoms with Crippen molar-refractivity contribution < 1.29 is 0 Å². The Labute approximate surface area is 192 Å². The summed E-state index contributed by atoms with van der Waals surface area (Å²) in [7, 11) is -0.813. The van der Waals surface area contributed by atoms with Crippen LogP contribution in [0.1, 0.15) is 26.3 Å². The van der Waals surface area contributed by atoms with Crippen molar-refractivity contribution in [3.05, 3.63) is 84.4 Å². The molecule has 1 unspecified atom stereocenters. The normalized spacial score (nSPS) is 12.7. The van der Waals surface area contributed by atoms with Crippen molar-refractivity contribution in [1.29, 1.82) is 0 Å². The van der Waals surface area contributed by atoms with Crippen molar-refractivity contribution in [1.82, 2.24) is 4.67 Å². The standard InChI is InChI=1S/C23H28Cl3NP2/c1-23(2,3)27(29(26)18-17-28(24)25)19-20-13-15-22(16-14-20)21-11-9-7-5-4-6-8-10-12-21/h4-16H,17-19H2,1-3H3. The molecule has 0 aromatic heterocycles. The van der Waals surface area contributed by atoms with Crippen LogP contribution < -0.4 is 0 Å². The summed E-state index contributed by atoms with van der Waals surface area (Å²) in [5.41, 5.74) is 3.59. The molecule has 0 spiro atoms. The van der Waals surface area contributed by atoms with Gasteiger partial charge in [0.1, 0.15) is 0 Å². The predicted octanol–water partition coefficient (Wildman–Crippen LogP) is 9.42. The third-order valence-corrected chi connectivity index (χ3v) is 9.17. The molecule has 156 valence electrons. The number of benzene rings is 1. The number of nitrogens with zero attached hydrogens (tertiary/aromatic N) is 1. The molecule has 0 bridgehead atoms. The SMILES string of the molecule is CC(C)(C)N(Cc1ccc(-c2ccccccccc2)cc1)P(Cl)CCP(Cl)Cl. The molecular weight excluding hydrogens is 459 g/mol. The molecule has 29 heavy (non-hydrogen) atoms. The van der Waals surface area contributed by atoms with Crippen molar-refractivity contribution >= 4 is 47.8 Å². The van der Waals surface area contributed by atoms with E-state index in [9.17, 15) is 0 Å². The molecular formula is C23H28Cl3NP2. The van der Waals surface area contributed by atoms with Gasteiger partial charge in [-0.15, -0.1) is 0 Å². The molecule has 0 heterocycles. The topological polar surface area (TPSA) is 3.24 Å². The highest BCUT2D eigenvalue weighted by Crippen LogP contribution is 2.55. The van der Waals surface area contributed by atoms with Gasteiger partial charge in [-0.25, -0.2) is 0 Å². The van der Waals surface area contributed by atoms with Crippen molar-refractivity contribution in [2.24, 2.45) is 0 Å². The van der Waals surface area contributed by atoms with Crippen LogP contribution in [0, 0.1) is 0 Å². The van der Waals surface area contributed by atoms with E-state index in [1.165, 1.54) is 16.7 Å². The Hall–Kier alpha value is -0.390. The lowest BCUT2D eigenvalue weighted by atomic mass is 10.0. The minimum absolute atomic E-state index is 0.0281. The van der Waals surface area contributed by atoms with E-state index in [1.807, 2.05) is 30.3 Å². The Balaban J connectivity index is 2.20. The monoisotopic (exact) mass is 485 g/mol. The minimum atomic E-state index is -0.950. The predicted molar refractivity (Wildman–Crippen MR) is 136 cm³/mol. The second-order valence-electron chi connectivity index (χ2n) is 7.65. The first kappa shape index (κ1) is 24.9. The van der Waals surface area contributed by atoms with Gasteiger partial charge in [-0.3, -0.25) is 4.67 Å².